The predicted octanol–water partition coefficient (Wildman–Crippen LogP) is 4.67. The first-order valence-electron chi connectivity index (χ1n) is 9.03. The highest BCUT2D eigenvalue weighted by Gasteiger charge is 2.15. The van der Waals surface area contributed by atoms with E-state index in [4.69, 9.17) is 11.6 Å². The van der Waals surface area contributed by atoms with Gasteiger partial charge < -0.3 is 5.32 Å². The number of hydrogen-bond donors (Lipinski definition) is 1. The van der Waals surface area contributed by atoms with E-state index in [1.165, 1.54) is 0 Å². The van der Waals surface area contributed by atoms with Gasteiger partial charge in [0.05, 0.1) is 11.7 Å². The summed E-state index contributed by atoms with van der Waals surface area (Å²) in [5, 5.41) is 7.95. The molecule has 2 aromatic heterocycles. The molecule has 2 heterocycles. The van der Waals surface area contributed by atoms with Crippen molar-refractivity contribution < 1.29 is 9.18 Å². The molecule has 0 atom stereocenters. The largest absolute Gasteiger partial charge is 0.348 e. The first-order chi connectivity index (χ1) is 13.9. The molecule has 0 bridgehead atoms. The summed E-state index contributed by atoms with van der Waals surface area (Å²) in [5.74, 6) is -0.728. The molecule has 0 aliphatic heterocycles. The van der Waals surface area contributed by atoms with Gasteiger partial charge in [0.25, 0.3) is 5.91 Å². The number of benzene rings is 2. The number of nitrogens with one attached hydrogen (secondary N) is 1. The van der Waals surface area contributed by atoms with Gasteiger partial charge in [-0.2, -0.15) is 5.10 Å². The fourth-order valence-electron chi connectivity index (χ4n) is 3.22. The van der Waals surface area contributed by atoms with Crippen LogP contribution < -0.4 is 5.32 Å². The van der Waals surface area contributed by atoms with Gasteiger partial charge in [-0.3, -0.25) is 14.5 Å². The molecule has 1 amide bonds. The molecule has 1 N–H and O–H groups in total. The second-order valence-electron chi connectivity index (χ2n) is 6.84. The summed E-state index contributed by atoms with van der Waals surface area (Å²) in [7, 11) is 1.84. The summed E-state index contributed by atoms with van der Waals surface area (Å²) >= 11 is 6.11. The maximum absolute atomic E-state index is 14.4. The van der Waals surface area contributed by atoms with Gasteiger partial charge in [0, 0.05) is 58.6 Å². The zero-order valence-corrected chi connectivity index (χ0v) is 16.7. The van der Waals surface area contributed by atoms with Gasteiger partial charge in [0.15, 0.2) is 0 Å². The Morgan fingerprint density at radius 3 is 2.79 bits per heavy atom. The van der Waals surface area contributed by atoms with Gasteiger partial charge in [0.1, 0.15) is 5.82 Å². The highest BCUT2D eigenvalue weighted by Crippen LogP contribution is 2.25. The van der Waals surface area contributed by atoms with Crippen molar-refractivity contribution in [2.24, 2.45) is 7.05 Å². The van der Waals surface area contributed by atoms with E-state index in [-0.39, 0.29) is 23.0 Å². The lowest BCUT2D eigenvalue weighted by molar-refractivity contribution is 0.0952. The van der Waals surface area contributed by atoms with E-state index in [9.17, 15) is 9.18 Å². The lowest BCUT2D eigenvalue weighted by Crippen LogP contribution is -2.24. The monoisotopic (exact) mass is 408 g/mol. The molecule has 0 saturated heterocycles. The maximum Gasteiger partial charge on any atom is 0.252 e. The molecular formula is C22H18ClFN4O. The Morgan fingerprint density at radius 2 is 2.03 bits per heavy atom. The average molecular weight is 409 g/mol. The quantitative estimate of drug-likeness (QED) is 0.534. The molecule has 4 rings (SSSR count). The molecule has 146 valence electrons. The van der Waals surface area contributed by atoms with Gasteiger partial charge in [-0.05, 0) is 36.8 Å². The second kappa shape index (κ2) is 7.64. The molecule has 0 spiro atoms. The van der Waals surface area contributed by atoms with Gasteiger partial charge >= 0.3 is 0 Å². The molecule has 5 nitrogen and oxygen atoms in total. The maximum atomic E-state index is 14.4. The summed E-state index contributed by atoms with van der Waals surface area (Å²) in [6.07, 6.45) is 5.38. The van der Waals surface area contributed by atoms with Gasteiger partial charge in [-0.15, -0.1) is 0 Å². The van der Waals surface area contributed by atoms with Crippen LogP contribution in [0.5, 0.6) is 0 Å². The van der Waals surface area contributed by atoms with Crippen LogP contribution in [0.1, 0.15) is 21.5 Å². The Morgan fingerprint density at radius 1 is 1.21 bits per heavy atom. The Balaban J connectivity index is 1.66. The van der Waals surface area contributed by atoms with E-state index in [1.807, 2.05) is 25.4 Å². The molecule has 4 aromatic rings. The number of fused-ring (bicyclic) bond motifs is 1. The molecule has 0 unspecified atom stereocenters. The van der Waals surface area contributed by atoms with Crippen molar-refractivity contribution in [3.05, 3.63) is 82.5 Å². The Hall–Kier alpha value is -3.25. The Labute approximate surface area is 172 Å². The SMILES string of the molecule is Cc1ccc(Cl)c(CNC(=O)c2cccc3ncc(-c4cnn(C)c4)cc23)c1F. The van der Waals surface area contributed by atoms with Crippen molar-refractivity contribution in [1.82, 2.24) is 20.1 Å². The zero-order chi connectivity index (χ0) is 20.5. The predicted molar refractivity (Wildman–Crippen MR) is 111 cm³/mol. The lowest BCUT2D eigenvalue weighted by atomic mass is 10.0. The summed E-state index contributed by atoms with van der Waals surface area (Å²) in [6, 6.07) is 10.5. The van der Waals surface area contributed by atoms with Crippen molar-refractivity contribution in [2.75, 3.05) is 0 Å². The van der Waals surface area contributed by atoms with Crippen LogP contribution in [0.15, 0.2) is 55.0 Å². The standard InChI is InChI=1S/C22H18ClFN4O/c1-13-6-7-19(23)18(21(13)24)11-26-22(29)16-4-3-5-20-17(16)8-14(9-25-20)15-10-27-28(2)12-15/h3-10,12H,11H2,1-2H3,(H,26,29). The third-order valence-electron chi connectivity index (χ3n) is 4.81. The summed E-state index contributed by atoms with van der Waals surface area (Å²) in [5.41, 5.74) is 3.68. The summed E-state index contributed by atoms with van der Waals surface area (Å²) in [4.78, 5) is 17.3. The first kappa shape index (κ1) is 19.1. The van der Waals surface area contributed by atoms with E-state index < -0.39 is 5.82 Å². The molecule has 2 aromatic carbocycles. The number of nitrogens with zero attached hydrogens (tertiary/aromatic N) is 3. The number of pyridine rings is 1. The van der Waals surface area contributed by atoms with E-state index in [0.29, 0.717) is 22.0 Å². The minimum absolute atomic E-state index is 0.00269. The molecule has 0 saturated carbocycles. The topological polar surface area (TPSA) is 59.8 Å². The van der Waals surface area contributed by atoms with Crippen molar-refractivity contribution in [2.45, 2.75) is 13.5 Å². The number of rotatable bonds is 4. The molecule has 7 heteroatoms. The highest BCUT2D eigenvalue weighted by atomic mass is 35.5. The van der Waals surface area contributed by atoms with Gasteiger partial charge in [-0.1, -0.05) is 23.7 Å². The van der Waals surface area contributed by atoms with Crippen molar-refractivity contribution in [1.29, 1.82) is 0 Å². The van der Waals surface area contributed by atoms with Crippen LogP contribution in [0, 0.1) is 12.7 Å². The minimum atomic E-state index is -0.406. The Kier molecular flexibility index (Phi) is 5.03. The van der Waals surface area contributed by atoms with Gasteiger partial charge in [-0.25, -0.2) is 4.39 Å². The number of amides is 1. The molecular weight excluding hydrogens is 391 g/mol. The highest BCUT2D eigenvalue weighted by molar-refractivity contribution is 6.31. The molecule has 0 aliphatic rings. The minimum Gasteiger partial charge on any atom is -0.348 e. The second-order valence-corrected chi connectivity index (χ2v) is 7.25. The van der Waals surface area contributed by atoms with Crippen LogP contribution in [-0.2, 0) is 13.6 Å². The van der Waals surface area contributed by atoms with Crippen LogP contribution in [0.4, 0.5) is 4.39 Å². The van der Waals surface area contributed by atoms with Crippen LogP contribution in [0.3, 0.4) is 0 Å². The third-order valence-corrected chi connectivity index (χ3v) is 5.17. The lowest BCUT2D eigenvalue weighted by Gasteiger charge is -2.11. The first-order valence-corrected chi connectivity index (χ1v) is 9.41. The smallest absolute Gasteiger partial charge is 0.252 e. The van der Waals surface area contributed by atoms with Gasteiger partial charge in [0.2, 0.25) is 0 Å². The van der Waals surface area contributed by atoms with Crippen molar-refractivity contribution >= 4 is 28.4 Å². The normalized spacial score (nSPS) is 11.0. The Bertz CT molecular complexity index is 1230. The van der Waals surface area contributed by atoms with E-state index in [0.717, 1.165) is 11.1 Å². The van der Waals surface area contributed by atoms with Crippen molar-refractivity contribution in [3.63, 3.8) is 0 Å². The van der Waals surface area contributed by atoms with E-state index in [1.54, 1.807) is 48.3 Å². The molecule has 0 aliphatic carbocycles. The summed E-state index contributed by atoms with van der Waals surface area (Å²) in [6.45, 7) is 1.66. The van der Waals surface area contributed by atoms with E-state index in [2.05, 4.69) is 15.4 Å². The number of carbonyl (C=O) groups is 1. The number of hydrogen-bond acceptors (Lipinski definition) is 3. The van der Waals surface area contributed by atoms with Crippen LogP contribution in [0.25, 0.3) is 22.0 Å². The molecule has 0 fully saturated rings. The average Bonchev–Trinajstić information content (AvgIpc) is 3.16. The van der Waals surface area contributed by atoms with Crippen molar-refractivity contribution in [3.8, 4) is 11.1 Å². The van der Waals surface area contributed by atoms with Crippen LogP contribution >= 0.6 is 11.6 Å². The third kappa shape index (κ3) is 3.71. The van der Waals surface area contributed by atoms with Crippen LogP contribution in [-0.4, -0.2) is 20.7 Å². The molecule has 29 heavy (non-hydrogen) atoms. The zero-order valence-electron chi connectivity index (χ0n) is 15.9. The number of aromatic nitrogens is 3. The van der Waals surface area contributed by atoms with E-state index >= 15 is 0 Å². The molecule has 0 radical (unpaired) electrons. The number of halogens is 2. The number of carbonyl (C=O) groups excluding carboxylic acids is 1. The summed E-state index contributed by atoms with van der Waals surface area (Å²) < 4.78 is 16.1. The van der Waals surface area contributed by atoms with Crippen LogP contribution in [0.2, 0.25) is 5.02 Å². The fraction of sp³-hybridized carbons (Fsp3) is 0.136. The number of aryl methyl sites for hydroxylation is 2. The fourth-order valence-corrected chi connectivity index (χ4v) is 3.43.